The van der Waals surface area contributed by atoms with E-state index in [2.05, 4.69) is 10.6 Å². The SMILES string of the molecule is CC(C)Oc1ccc(NC(=O)C(=O)NCCCO)cc1. The molecule has 2 amide bonds. The van der Waals surface area contributed by atoms with E-state index in [0.717, 1.165) is 0 Å². The van der Waals surface area contributed by atoms with Crippen LogP contribution >= 0.6 is 0 Å². The second-order valence-corrected chi connectivity index (χ2v) is 4.48. The number of anilines is 1. The molecule has 0 saturated heterocycles. The minimum atomic E-state index is -0.736. The first-order valence-electron chi connectivity index (χ1n) is 6.49. The van der Waals surface area contributed by atoms with Crippen LogP contribution < -0.4 is 15.4 Å². The maximum atomic E-state index is 11.6. The normalized spacial score (nSPS) is 10.2. The summed E-state index contributed by atoms with van der Waals surface area (Å²) in [6.07, 6.45) is 0.494. The van der Waals surface area contributed by atoms with Gasteiger partial charge in [-0.15, -0.1) is 0 Å². The van der Waals surface area contributed by atoms with Crippen LogP contribution in [0.15, 0.2) is 24.3 Å². The van der Waals surface area contributed by atoms with Gasteiger partial charge in [0.15, 0.2) is 0 Å². The zero-order chi connectivity index (χ0) is 15.0. The Morgan fingerprint density at radius 3 is 2.40 bits per heavy atom. The summed E-state index contributed by atoms with van der Waals surface area (Å²) >= 11 is 0. The van der Waals surface area contributed by atoms with Crippen molar-refractivity contribution in [1.82, 2.24) is 5.32 Å². The van der Waals surface area contributed by atoms with Crippen molar-refractivity contribution in [2.45, 2.75) is 26.4 Å². The van der Waals surface area contributed by atoms with Gasteiger partial charge in [-0.3, -0.25) is 9.59 Å². The lowest BCUT2D eigenvalue weighted by Gasteiger charge is -2.10. The van der Waals surface area contributed by atoms with Gasteiger partial charge in [-0.1, -0.05) is 0 Å². The van der Waals surface area contributed by atoms with Gasteiger partial charge in [0.05, 0.1) is 6.10 Å². The van der Waals surface area contributed by atoms with Gasteiger partial charge in [-0.05, 0) is 44.5 Å². The largest absolute Gasteiger partial charge is 0.491 e. The molecule has 6 heteroatoms. The molecule has 0 aliphatic rings. The zero-order valence-corrected chi connectivity index (χ0v) is 11.7. The highest BCUT2D eigenvalue weighted by Crippen LogP contribution is 2.16. The second kappa shape index (κ2) is 8.16. The van der Waals surface area contributed by atoms with Gasteiger partial charge >= 0.3 is 11.8 Å². The van der Waals surface area contributed by atoms with Crippen molar-refractivity contribution in [3.63, 3.8) is 0 Å². The van der Waals surface area contributed by atoms with Crippen LogP contribution in [0.3, 0.4) is 0 Å². The van der Waals surface area contributed by atoms with Gasteiger partial charge in [0, 0.05) is 18.8 Å². The van der Waals surface area contributed by atoms with Crippen LogP contribution in [0.25, 0.3) is 0 Å². The molecule has 1 aromatic carbocycles. The Bertz CT molecular complexity index is 443. The maximum absolute atomic E-state index is 11.6. The van der Waals surface area contributed by atoms with E-state index in [-0.39, 0.29) is 19.3 Å². The summed E-state index contributed by atoms with van der Waals surface area (Å²) in [5, 5.41) is 13.5. The monoisotopic (exact) mass is 280 g/mol. The molecule has 0 atom stereocenters. The molecule has 0 spiro atoms. The van der Waals surface area contributed by atoms with E-state index in [4.69, 9.17) is 9.84 Å². The fourth-order valence-electron chi connectivity index (χ4n) is 1.44. The van der Waals surface area contributed by atoms with Gasteiger partial charge < -0.3 is 20.5 Å². The lowest BCUT2D eigenvalue weighted by molar-refractivity contribution is -0.136. The number of rotatable bonds is 6. The molecule has 0 radical (unpaired) electrons. The zero-order valence-electron chi connectivity index (χ0n) is 11.7. The van der Waals surface area contributed by atoms with Crippen LogP contribution in [0, 0.1) is 0 Å². The number of carbonyl (C=O) groups excluding carboxylic acids is 2. The number of amides is 2. The molecule has 3 N–H and O–H groups in total. The second-order valence-electron chi connectivity index (χ2n) is 4.48. The predicted octanol–water partition coefficient (Wildman–Crippen LogP) is 0.911. The molecule has 1 aromatic rings. The fraction of sp³-hybridized carbons (Fsp3) is 0.429. The van der Waals surface area contributed by atoms with Crippen LogP contribution in [0.4, 0.5) is 5.69 Å². The molecule has 110 valence electrons. The molecule has 6 nitrogen and oxygen atoms in total. The van der Waals surface area contributed by atoms with Crippen molar-refractivity contribution in [2.24, 2.45) is 0 Å². The average molecular weight is 280 g/mol. The highest BCUT2D eigenvalue weighted by molar-refractivity contribution is 6.39. The molecule has 0 heterocycles. The van der Waals surface area contributed by atoms with E-state index in [0.29, 0.717) is 17.9 Å². The number of ether oxygens (including phenoxy) is 1. The van der Waals surface area contributed by atoms with Crippen molar-refractivity contribution in [3.05, 3.63) is 24.3 Å². The van der Waals surface area contributed by atoms with Gasteiger partial charge in [0.2, 0.25) is 0 Å². The number of aliphatic hydroxyl groups is 1. The van der Waals surface area contributed by atoms with Crippen LogP contribution in [-0.4, -0.2) is 36.2 Å². The minimum absolute atomic E-state index is 0.0286. The summed E-state index contributed by atoms with van der Waals surface area (Å²) in [7, 11) is 0. The standard InChI is InChI=1S/C14H20N2O4/c1-10(2)20-12-6-4-11(5-7-12)16-14(19)13(18)15-8-3-9-17/h4-7,10,17H,3,8-9H2,1-2H3,(H,15,18)(H,16,19). The van der Waals surface area contributed by atoms with E-state index in [1.165, 1.54) is 0 Å². The first-order valence-corrected chi connectivity index (χ1v) is 6.49. The Hall–Kier alpha value is -2.08. The number of carbonyl (C=O) groups is 2. The summed E-state index contributed by atoms with van der Waals surface area (Å²) < 4.78 is 5.47. The summed E-state index contributed by atoms with van der Waals surface area (Å²) in [6, 6.07) is 6.77. The summed E-state index contributed by atoms with van der Waals surface area (Å²) in [6.45, 7) is 4.09. The van der Waals surface area contributed by atoms with E-state index >= 15 is 0 Å². The third kappa shape index (κ3) is 5.71. The van der Waals surface area contributed by atoms with E-state index < -0.39 is 11.8 Å². The van der Waals surface area contributed by atoms with Crippen LogP contribution in [0.5, 0.6) is 5.75 Å². The Kier molecular flexibility index (Phi) is 6.52. The minimum Gasteiger partial charge on any atom is -0.491 e. The first kappa shape index (κ1) is 16.0. The molecule has 0 bridgehead atoms. The number of aliphatic hydroxyl groups excluding tert-OH is 1. The molecule has 20 heavy (non-hydrogen) atoms. The molecular formula is C14H20N2O4. The summed E-state index contributed by atoms with van der Waals surface area (Å²) in [5.74, 6) is -0.758. The average Bonchev–Trinajstić information content (AvgIpc) is 2.40. The number of hydrogen-bond donors (Lipinski definition) is 3. The molecule has 0 aliphatic heterocycles. The fourth-order valence-corrected chi connectivity index (χ4v) is 1.44. The first-order chi connectivity index (χ1) is 9.52. The van der Waals surface area contributed by atoms with Crippen LogP contribution in [0.1, 0.15) is 20.3 Å². The van der Waals surface area contributed by atoms with Crippen molar-refractivity contribution < 1.29 is 19.4 Å². The van der Waals surface area contributed by atoms with Gasteiger partial charge in [0.1, 0.15) is 5.75 Å². The van der Waals surface area contributed by atoms with Crippen molar-refractivity contribution in [2.75, 3.05) is 18.5 Å². The Labute approximate surface area is 118 Å². The van der Waals surface area contributed by atoms with E-state index in [9.17, 15) is 9.59 Å². The van der Waals surface area contributed by atoms with E-state index in [1.807, 2.05) is 13.8 Å². The third-order valence-electron chi connectivity index (χ3n) is 2.31. The van der Waals surface area contributed by atoms with Gasteiger partial charge in [-0.2, -0.15) is 0 Å². The topological polar surface area (TPSA) is 87.7 Å². The Balaban J connectivity index is 2.47. The Morgan fingerprint density at radius 2 is 1.85 bits per heavy atom. The van der Waals surface area contributed by atoms with Crippen LogP contribution in [-0.2, 0) is 9.59 Å². The van der Waals surface area contributed by atoms with Crippen molar-refractivity contribution in [3.8, 4) is 5.75 Å². The molecule has 0 fully saturated rings. The van der Waals surface area contributed by atoms with Crippen molar-refractivity contribution in [1.29, 1.82) is 0 Å². The van der Waals surface area contributed by atoms with Crippen molar-refractivity contribution >= 4 is 17.5 Å². The molecule has 0 unspecified atom stereocenters. The third-order valence-corrected chi connectivity index (χ3v) is 2.31. The number of benzene rings is 1. The maximum Gasteiger partial charge on any atom is 0.313 e. The quantitative estimate of drug-likeness (QED) is 0.534. The molecule has 0 aliphatic carbocycles. The highest BCUT2D eigenvalue weighted by atomic mass is 16.5. The molecule has 1 rings (SSSR count). The number of nitrogens with one attached hydrogen (secondary N) is 2. The smallest absolute Gasteiger partial charge is 0.313 e. The summed E-state index contributed by atoms with van der Waals surface area (Å²) in [5.41, 5.74) is 0.517. The molecular weight excluding hydrogens is 260 g/mol. The molecule has 0 aromatic heterocycles. The lowest BCUT2D eigenvalue weighted by Crippen LogP contribution is -2.36. The van der Waals surface area contributed by atoms with E-state index in [1.54, 1.807) is 24.3 Å². The predicted molar refractivity (Wildman–Crippen MR) is 75.5 cm³/mol. The highest BCUT2D eigenvalue weighted by Gasteiger charge is 2.12. The van der Waals surface area contributed by atoms with Gasteiger partial charge in [-0.25, -0.2) is 0 Å². The summed E-state index contributed by atoms with van der Waals surface area (Å²) in [4.78, 5) is 23.0. The number of hydrogen-bond acceptors (Lipinski definition) is 4. The Morgan fingerprint density at radius 1 is 1.20 bits per heavy atom. The van der Waals surface area contributed by atoms with Crippen LogP contribution in [0.2, 0.25) is 0 Å². The van der Waals surface area contributed by atoms with Gasteiger partial charge in [0.25, 0.3) is 0 Å². The molecule has 0 saturated carbocycles. The lowest BCUT2D eigenvalue weighted by atomic mass is 10.3.